The van der Waals surface area contributed by atoms with Crippen molar-refractivity contribution in [2.75, 3.05) is 0 Å². The summed E-state index contributed by atoms with van der Waals surface area (Å²) in [5, 5.41) is 14.8. The molecule has 2 unspecified atom stereocenters. The van der Waals surface area contributed by atoms with E-state index in [1.165, 1.54) is 0 Å². The second-order valence-electron chi connectivity index (χ2n) is 4.96. The Labute approximate surface area is 112 Å². The zero-order chi connectivity index (χ0) is 13.8. The fraction of sp³-hybridized carbons (Fsp3) is 0.429. The molecular weight excluding hydrogens is 242 g/mol. The zero-order valence-electron chi connectivity index (χ0n) is 11.0. The van der Waals surface area contributed by atoms with Gasteiger partial charge in [-0.3, -0.25) is 4.79 Å². The maximum atomic E-state index is 12.2. The molecule has 0 aromatic heterocycles. The van der Waals surface area contributed by atoms with Gasteiger partial charge in [-0.15, -0.1) is 0 Å². The van der Waals surface area contributed by atoms with Gasteiger partial charge in [-0.25, -0.2) is 0 Å². The van der Waals surface area contributed by atoms with Crippen LogP contribution >= 0.6 is 0 Å². The van der Waals surface area contributed by atoms with Gasteiger partial charge in [0, 0.05) is 17.5 Å². The quantitative estimate of drug-likeness (QED) is 0.334. The van der Waals surface area contributed by atoms with E-state index in [-0.39, 0.29) is 23.7 Å². The standard InChI is InChI=1S/C14H19N3O2/c1-9-5-2-3-6-10(9)14(18)16-12-8-4-7-11(12)13(15)17-19/h2-3,5-6,11-12,19H,4,7-8H2,1H3,(H2,15,17)(H,16,18). The van der Waals surface area contributed by atoms with E-state index in [4.69, 9.17) is 10.9 Å². The number of oxime groups is 1. The molecule has 1 fully saturated rings. The number of amides is 1. The van der Waals surface area contributed by atoms with E-state index in [9.17, 15) is 4.79 Å². The van der Waals surface area contributed by atoms with Crippen molar-refractivity contribution in [2.24, 2.45) is 16.8 Å². The summed E-state index contributed by atoms with van der Waals surface area (Å²) in [5.41, 5.74) is 7.28. The molecule has 0 bridgehead atoms. The maximum absolute atomic E-state index is 12.2. The molecule has 0 aliphatic heterocycles. The van der Waals surface area contributed by atoms with E-state index in [1.54, 1.807) is 6.07 Å². The molecule has 0 radical (unpaired) electrons. The average Bonchev–Trinajstić information content (AvgIpc) is 2.86. The fourth-order valence-electron chi connectivity index (χ4n) is 2.63. The van der Waals surface area contributed by atoms with Crippen molar-refractivity contribution in [3.63, 3.8) is 0 Å². The minimum Gasteiger partial charge on any atom is -0.409 e. The monoisotopic (exact) mass is 261 g/mol. The largest absolute Gasteiger partial charge is 0.409 e. The molecule has 5 nitrogen and oxygen atoms in total. The Bertz CT molecular complexity index is 499. The van der Waals surface area contributed by atoms with Gasteiger partial charge >= 0.3 is 0 Å². The molecule has 1 saturated carbocycles. The first kappa shape index (κ1) is 13.4. The SMILES string of the molecule is Cc1ccccc1C(=O)NC1CCCC1/C(N)=N/O. The number of hydrogen-bond donors (Lipinski definition) is 3. The lowest BCUT2D eigenvalue weighted by Crippen LogP contribution is -2.42. The van der Waals surface area contributed by atoms with Gasteiger partial charge in [0.25, 0.3) is 5.91 Å². The number of aryl methyl sites for hydroxylation is 1. The first-order valence-electron chi connectivity index (χ1n) is 6.47. The second kappa shape index (κ2) is 5.73. The van der Waals surface area contributed by atoms with E-state index in [0.29, 0.717) is 5.56 Å². The Morgan fingerprint density at radius 1 is 1.42 bits per heavy atom. The lowest BCUT2D eigenvalue weighted by atomic mass is 10.0. The highest BCUT2D eigenvalue weighted by atomic mass is 16.4. The van der Waals surface area contributed by atoms with Crippen LogP contribution < -0.4 is 11.1 Å². The number of nitrogens with two attached hydrogens (primary N) is 1. The van der Waals surface area contributed by atoms with E-state index < -0.39 is 0 Å². The molecule has 102 valence electrons. The van der Waals surface area contributed by atoms with Crippen LogP contribution in [0, 0.1) is 12.8 Å². The summed E-state index contributed by atoms with van der Waals surface area (Å²) < 4.78 is 0. The third-order valence-electron chi connectivity index (χ3n) is 3.72. The third kappa shape index (κ3) is 2.86. The molecule has 1 aliphatic carbocycles. The van der Waals surface area contributed by atoms with Gasteiger partial charge in [0.1, 0.15) is 5.84 Å². The van der Waals surface area contributed by atoms with E-state index in [2.05, 4.69) is 10.5 Å². The highest BCUT2D eigenvalue weighted by Gasteiger charge is 2.32. The van der Waals surface area contributed by atoms with Crippen molar-refractivity contribution < 1.29 is 10.0 Å². The maximum Gasteiger partial charge on any atom is 0.251 e. The van der Waals surface area contributed by atoms with Crippen molar-refractivity contribution in [1.82, 2.24) is 5.32 Å². The van der Waals surface area contributed by atoms with Gasteiger partial charge in [-0.1, -0.05) is 29.8 Å². The van der Waals surface area contributed by atoms with Crippen molar-refractivity contribution in [3.05, 3.63) is 35.4 Å². The summed E-state index contributed by atoms with van der Waals surface area (Å²) in [7, 11) is 0. The van der Waals surface area contributed by atoms with E-state index in [1.807, 2.05) is 25.1 Å². The van der Waals surface area contributed by atoms with Crippen LogP contribution in [0.15, 0.2) is 29.4 Å². The first-order chi connectivity index (χ1) is 9.13. The smallest absolute Gasteiger partial charge is 0.251 e. The Hall–Kier alpha value is -2.04. The number of benzene rings is 1. The van der Waals surface area contributed by atoms with Crippen molar-refractivity contribution in [1.29, 1.82) is 0 Å². The van der Waals surface area contributed by atoms with Gasteiger partial charge < -0.3 is 16.3 Å². The third-order valence-corrected chi connectivity index (χ3v) is 3.72. The zero-order valence-corrected chi connectivity index (χ0v) is 11.0. The molecule has 2 atom stereocenters. The van der Waals surface area contributed by atoms with Gasteiger partial charge in [-0.05, 0) is 31.4 Å². The summed E-state index contributed by atoms with van der Waals surface area (Å²) in [6, 6.07) is 7.41. The summed E-state index contributed by atoms with van der Waals surface area (Å²) in [6.45, 7) is 1.91. The predicted octanol–water partition coefficient (Wildman–Crippen LogP) is 1.64. The summed E-state index contributed by atoms with van der Waals surface area (Å²) in [5.74, 6) is 0.0336. The summed E-state index contributed by atoms with van der Waals surface area (Å²) >= 11 is 0. The minimum absolute atomic E-state index is 0.0528. The van der Waals surface area contributed by atoms with E-state index in [0.717, 1.165) is 24.8 Å². The Balaban J connectivity index is 2.09. The number of hydrogen-bond acceptors (Lipinski definition) is 3. The topological polar surface area (TPSA) is 87.7 Å². The van der Waals surface area contributed by atoms with Crippen LogP contribution in [0.1, 0.15) is 35.2 Å². The van der Waals surface area contributed by atoms with Crippen molar-refractivity contribution >= 4 is 11.7 Å². The average molecular weight is 261 g/mol. The molecule has 0 spiro atoms. The Morgan fingerprint density at radius 2 is 2.16 bits per heavy atom. The van der Waals surface area contributed by atoms with Crippen LogP contribution in [0.4, 0.5) is 0 Å². The van der Waals surface area contributed by atoms with Crippen molar-refractivity contribution in [3.8, 4) is 0 Å². The summed E-state index contributed by atoms with van der Waals surface area (Å²) in [6.07, 6.45) is 2.67. The molecule has 0 saturated heterocycles. The number of nitrogens with one attached hydrogen (secondary N) is 1. The number of carbonyl (C=O) groups is 1. The highest BCUT2D eigenvalue weighted by molar-refractivity contribution is 5.96. The van der Waals surface area contributed by atoms with Crippen LogP contribution in [0.25, 0.3) is 0 Å². The molecular formula is C14H19N3O2. The predicted molar refractivity (Wildman–Crippen MR) is 73.2 cm³/mol. The van der Waals surface area contributed by atoms with Crippen LogP contribution in [-0.4, -0.2) is 23.0 Å². The Kier molecular flexibility index (Phi) is 4.04. The van der Waals surface area contributed by atoms with Crippen molar-refractivity contribution in [2.45, 2.75) is 32.2 Å². The fourth-order valence-corrected chi connectivity index (χ4v) is 2.63. The molecule has 0 heterocycles. The molecule has 5 heteroatoms. The molecule has 1 aromatic rings. The second-order valence-corrected chi connectivity index (χ2v) is 4.96. The van der Waals surface area contributed by atoms with Gasteiger partial charge in [0.15, 0.2) is 0 Å². The lowest BCUT2D eigenvalue weighted by molar-refractivity contribution is 0.0932. The van der Waals surface area contributed by atoms with Gasteiger partial charge in [-0.2, -0.15) is 0 Å². The normalized spacial score (nSPS) is 23.3. The molecule has 2 rings (SSSR count). The van der Waals surface area contributed by atoms with Crippen LogP contribution in [0.5, 0.6) is 0 Å². The van der Waals surface area contributed by atoms with Crippen LogP contribution in [-0.2, 0) is 0 Å². The number of nitrogens with zero attached hydrogens (tertiary/aromatic N) is 1. The number of carbonyl (C=O) groups excluding carboxylic acids is 1. The van der Waals surface area contributed by atoms with E-state index >= 15 is 0 Å². The molecule has 1 aliphatic rings. The minimum atomic E-state index is -0.0965. The Morgan fingerprint density at radius 3 is 2.84 bits per heavy atom. The first-order valence-corrected chi connectivity index (χ1v) is 6.47. The van der Waals surface area contributed by atoms with Crippen LogP contribution in [0.2, 0.25) is 0 Å². The van der Waals surface area contributed by atoms with Gasteiger partial charge in [0.05, 0.1) is 0 Å². The summed E-state index contributed by atoms with van der Waals surface area (Å²) in [4.78, 5) is 12.2. The molecule has 1 amide bonds. The van der Waals surface area contributed by atoms with Gasteiger partial charge in [0.2, 0.25) is 0 Å². The molecule has 19 heavy (non-hydrogen) atoms. The molecule has 1 aromatic carbocycles. The van der Waals surface area contributed by atoms with Crippen LogP contribution in [0.3, 0.4) is 0 Å². The number of rotatable bonds is 3. The lowest BCUT2D eigenvalue weighted by Gasteiger charge is -2.20. The molecule has 4 N–H and O–H groups in total. The highest BCUT2D eigenvalue weighted by Crippen LogP contribution is 2.26. The number of amidine groups is 1.